The molecule has 0 saturated carbocycles. The van der Waals surface area contributed by atoms with Crippen molar-refractivity contribution in [2.45, 2.75) is 57.4 Å². The van der Waals surface area contributed by atoms with Crippen LogP contribution in [0.2, 0.25) is 0 Å². The average Bonchev–Trinajstić information content (AvgIpc) is 2.94. The summed E-state index contributed by atoms with van der Waals surface area (Å²) in [5, 5.41) is 7.71. The quantitative estimate of drug-likeness (QED) is 0.906. The molecule has 0 bridgehead atoms. The molecule has 7 heteroatoms. The van der Waals surface area contributed by atoms with E-state index in [1.54, 1.807) is 12.1 Å². The van der Waals surface area contributed by atoms with E-state index in [-0.39, 0.29) is 28.7 Å². The Kier molecular flexibility index (Phi) is 4.91. The minimum atomic E-state index is -3.61. The number of nitrogens with zero attached hydrogens (tertiary/aromatic N) is 2. The van der Waals surface area contributed by atoms with Crippen molar-refractivity contribution < 1.29 is 12.8 Å². The topological polar surface area (TPSA) is 85.1 Å². The van der Waals surface area contributed by atoms with Crippen LogP contribution in [-0.4, -0.2) is 18.6 Å². The predicted octanol–water partition coefficient (Wildman–Crippen LogP) is 2.97. The molecule has 2 aromatic rings. The monoisotopic (exact) mass is 337 g/mol. The van der Waals surface area contributed by atoms with Crippen LogP contribution in [0, 0.1) is 0 Å². The maximum absolute atomic E-state index is 12.3. The first kappa shape index (κ1) is 17.6. The first-order chi connectivity index (χ1) is 10.6. The Morgan fingerprint density at radius 2 is 1.74 bits per heavy atom. The Hall–Kier alpha value is -1.73. The molecular weight excluding hydrogens is 314 g/mol. The summed E-state index contributed by atoms with van der Waals surface area (Å²) in [4.78, 5) is 0.217. The van der Waals surface area contributed by atoms with Crippen molar-refractivity contribution in [1.82, 2.24) is 14.9 Å². The average molecular weight is 337 g/mol. The van der Waals surface area contributed by atoms with Crippen molar-refractivity contribution in [2.75, 3.05) is 0 Å². The van der Waals surface area contributed by atoms with Gasteiger partial charge in [0.25, 0.3) is 0 Å². The van der Waals surface area contributed by atoms with Crippen LogP contribution in [0.5, 0.6) is 0 Å². The Morgan fingerprint density at radius 1 is 1.13 bits per heavy atom. The molecule has 23 heavy (non-hydrogen) atoms. The second kappa shape index (κ2) is 6.41. The van der Waals surface area contributed by atoms with E-state index in [0.717, 1.165) is 5.56 Å². The standard InChI is InChI=1S/C16H23N3O3S/c1-11(2)15-19-18-14(22-15)10-17-23(20,21)13-8-6-12(7-9-13)16(3,4)5/h6-9,11,17H,10H2,1-5H3. The molecule has 0 fully saturated rings. The number of hydrogen-bond donors (Lipinski definition) is 1. The Balaban J connectivity index is 2.09. The zero-order chi connectivity index (χ0) is 17.3. The van der Waals surface area contributed by atoms with E-state index in [1.807, 2.05) is 26.0 Å². The normalized spacial score (nSPS) is 12.8. The summed E-state index contributed by atoms with van der Waals surface area (Å²) in [6.45, 7) is 10.1. The van der Waals surface area contributed by atoms with Crippen LogP contribution in [0.3, 0.4) is 0 Å². The van der Waals surface area contributed by atoms with Gasteiger partial charge in [-0.05, 0) is 23.1 Å². The lowest BCUT2D eigenvalue weighted by Crippen LogP contribution is -2.23. The number of sulfonamides is 1. The minimum Gasteiger partial charge on any atom is -0.424 e. The van der Waals surface area contributed by atoms with E-state index >= 15 is 0 Å². The minimum absolute atomic E-state index is 0.0211. The molecule has 0 aliphatic carbocycles. The lowest BCUT2D eigenvalue weighted by Gasteiger charge is -2.19. The van der Waals surface area contributed by atoms with Gasteiger partial charge in [0.1, 0.15) is 0 Å². The van der Waals surface area contributed by atoms with Gasteiger partial charge in [0.2, 0.25) is 21.8 Å². The third-order valence-corrected chi connectivity index (χ3v) is 4.84. The van der Waals surface area contributed by atoms with Gasteiger partial charge in [0.05, 0.1) is 11.4 Å². The largest absolute Gasteiger partial charge is 0.424 e. The molecule has 6 nitrogen and oxygen atoms in total. The van der Waals surface area contributed by atoms with Crippen molar-refractivity contribution >= 4 is 10.0 Å². The van der Waals surface area contributed by atoms with Crippen molar-refractivity contribution in [3.05, 3.63) is 41.6 Å². The summed E-state index contributed by atoms with van der Waals surface area (Å²) >= 11 is 0. The van der Waals surface area contributed by atoms with E-state index in [4.69, 9.17) is 4.42 Å². The first-order valence-corrected chi connectivity index (χ1v) is 9.00. The highest BCUT2D eigenvalue weighted by Gasteiger charge is 2.18. The number of rotatable bonds is 5. The fourth-order valence-electron chi connectivity index (χ4n) is 1.95. The molecule has 0 amide bonds. The van der Waals surface area contributed by atoms with Gasteiger partial charge in [-0.25, -0.2) is 13.1 Å². The highest BCUT2D eigenvalue weighted by atomic mass is 32.2. The lowest BCUT2D eigenvalue weighted by molar-refractivity contribution is 0.427. The third-order valence-electron chi connectivity index (χ3n) is 3.42. The first-order valence-electron chi connectivity index (χ1n) is 7.52. The maximum atomic E-state index is 12.3. The van der Waals surface area contributed by atoms with Crippen LogP contribution in [0.1, 0.15) is 57.9 Å². The molecule has 0 unspecified atom stereocenters. The summed E-state index contributed by atoms with van der Waals surface area (Å²) in [6.07, 6.45) is 0. The van der Waals surface area contributed by atoms with Crippen LogP contribution in [-0.2, 0) is 22.0 Å². The second-order valence-electron chi connectivity index (χ2n) is 6.79. The summed E-state index contributed by atoms with van der Waals surface area (Å²) in [7, 11) is -3.61. The van der Waals surface area contributed by atoms with E-state index in [1.165, 1.54) is 0 Å². The van der Waals surface area contributed by atoms with E-state index < -0.39 is 10.0 Å². The fourth-order valence-corrected chi connectivity index (χ4v) is 2.92. The van der Waals surface area contributed by atoms with Gasteiger partial charge < -0.3 is 4.42 Å². The summed E-state index contributed by atoms with van der Waals surface area (Å²) in [5.41, 5.74) is 1.06. The van der Waals surface area contributed by atoms with E-state index in [2.05, 4.69) is 35.7 Å². The SMILES string of the molecule is CC(C)c1nnc(CNS(=O)(=O)c2ccc(C(C)(C)C)cc2)o1. The molecule has 0 spiro atoms. The molecule has 126 valence electrons. The maximum Gasteiger partial charge on any atom is 0.241 e. The summed E-state index contributed by atoms with van der Waals surface area (Å²) in [5.74, 6) is 0.857. The molecule has 1 heterocycles. The lowest BCUT2D eigenvalue weighted by atomic mass is 9.87. The van der Waals surface area contributed by atoms with Crippen molar-refractivity contribution in [3.8, 4) is 0 Å². The second-order valence-corrected chi connectivity index (χ2v) is 8.55. The molecule has 0 aliphatic rings. The van der Waals surface area contributed by atoms with Gasteiger partial charge in [-0.3, -0.25) is 0 Å². The molecular formula is C16H23N3O3S. The molecule has 2 rings (SSSR count). The van der Waals surface area contributed by atoms with Crippen LogP contribution >= 0.6 is 0 Å². The van der Waals surface area contributed by atoms with Gasteiger partial charge in [0, 0.05) is 5.92 Å². The van der Waals surface area contributed by atoms with Crippen molar-refractivity contribution in [3.63, 3.8) is 0 Å². The van der Waals surface area contributed by atoms with Crippen molar-refractivity contribution in [1.29, 1.82) is 0 Å². The third kappa shape index (κ3) is 4.39. The number of hydrogen-bond acceptors (Lipinski definition) is 5. The van der Waals surface area contributed by atoms with Gasteiger partial charge in [-0.1, -0.05) is 46.8 Å². The van der Waals surface area contributed by atoms with Gasteiger partial charge >= 0.3 is 0 Å². The van der Waals surface area contributed by atoms with Crippen LogP contribution < -0.4 is 4.72 Å². The predicted molar refractivity (Wildman–Crippen MR) is 87.6 cm³/mol. The molecule has 0 aliphatic heterocycles. The molecule has 0 atom stereocenters. The van der Waals surface area contributed by atoms with Crippen LogP contribution in [0.25, 0.3) is 0 Å². The van der Waals surface area contributed by atoms with Gasteiger partial charge in [-0.2, -0.15) is 0 Å². The summed E-state index contributed by atoms with van der Waals surface area (Å²) in [6, 6.07) is 6.88. The zero-order valence-corrected chi connectivity index (χ0v) is 14.9. The highest BCUT2D eigenvalue weighted by molar-refractivity contribution is 7.89. The number of aromatic nitrogens is 2. The molecule has 1 aromatic heterocycles. The van der Waals surface area contributed by atoms with Crippen LogP contribution in [0.4, 0.5) is 0 Å². The van der Waals surface area contributed by atoms with Crippen LogP contribution in [0.15, 0.2) is 33.6 Å². The number of nitrogens with one attached hydrogen (secondary N) is 1. The molecule has 0 saturated heterocycles. The molecule has 1 N–H and O–H groups in total. The van der Waals surface area contributed by atoms with Crippen molar-refractivity contribution in [2.24, 2.45) is 0 Å². The Morgan fingerprint density at radius 3 is 2.22 bits per heavy atom. The fraction of sp³-hybridized carbons (Fsp3) is 0.500. The smallest absolute Gasteiger partial charge is 0.241 e. The van der Waals surface area contributed by atoms with E-state index in [9.17, 15) is 8.42 Å². The Labute approximate surface area is 137 Å². The van der Waals surface area contributed by atoms with Gasteiger partial charge in [-0.15, -0.1) is 10.2 Å². The van der Waals surface area contributed by atoms with E-state index in [0.29, 0.717) is 5.89 Å². The highest BCUT2D eigenvalue weighted by Crippen LogP contribution is 2.23. The summed E-state index contributed by atoms with van der Waals surface area (Å²) < 4.78 is 32.5. The van der Waals surface area contributed by atoms with Gasteiger partial charge in [0.15, 0.2) is 0 Å². The Bertz CT molecular complexity index is 757. The zero-order valence-electron chi connectivity index (χ0n) is 14.1. The number of benzene rings is 1. The molecule has 0 radical (unpaired) electrons. The molecule has 1 aromatic carbocycles.